The van der Waals surface area contributed by atoms with Crippen LogP contribution in [0.25, 0.3) is 105 Å². The molecule has 2 heterocycles. The van der Waals surface area contributed by atoms with E-state index in [0.29, 0.717) is 0 Å². The molecular weight excluding hydrogens is 837 g/mol. The Labute approximate surface area is 401 Å². The van der Waals surface area contributed by atoms with Crippen molar-refractivity contribution in [2.75, 3.05) is 4.90 Å². The van der Waals surface area contributed by atoms with Crippen LogP contribution >= 0.6 is 0 Å². The number of rotatable bonds is 9. The molecule has 2 aromatic heterocycles. The Bertz CT molecular complexity index is 3920. The number of aromatic nitrogens is 1. The Morgan fingerprint density at radius 2 is 0.739 bits per heavy atom. The molecule has 0 aliphatic rings. The van der Waals surface area contributed by atoms with Gasteiger partial charge < -0.3 is 13.9 Å². The molecule has 13 rings (SSSR count). The lowest BCUT2D eigenvalue weighted by atomic mass is 9.95. The molecule has 0 spiro atoms. The van der Waals surface area contributed by atoms with Crippen molar-refractivity contribution in [2.45, 2.75) is 0 Å². The third-order valence-electron chi connectivity index (χ3n) is 13.6. The highest BCUT2D eigenvalue weighted by Gasteiger charge is 2.19. The second-order valence-corrected chi connectivity index (χ2v) is 17.7. The van der Waals surface area contributed by atoms with Gasteiger partial charge in [-0.05, 0) is 123 Å². The van der Waals surface area contributed by atoms with Gasteiger partial charge >= 0.3 is 0 Å². The molecule has 69 heavy (non-hydrogen) atoms. The Balaban J connectivity index is 0.810. The van der Waals surface area contributed by atoms with Gasteiger partial charge in [-0.3, -0.25) is 0 Å². The van der Waals surface area contributed by atoms with Gasteiger partial charge in [0, 0.05) is 44.2 Å². The fraction of sp³-hybridized carbons (Fsp3) is 0. The van der Waals surface area contributed by atoms with Crippen LogP contribution in [0, 0.1) is 0 Å². The second kappa shape index (κ2) is 16.9. The van der Waals surface area contributed by atoms with E-state index in [1.807, 2.05) is 12.1 Å². The molecule has 3 nitrogen and oxygen atoms in total. The van der Waals surface area contributed by atoms with Gasteiger partial charge in [-0.2, -0.15) is 0 Å². The van der Waals surface area contributed by atoms with E-state index in [-0.39, 0.29) is 0 Å². The quantitative estimate of drug-likeness (QED) is 0.144. The molecule has 0 amide bonds. The number of para-hydroxylation sites is 4. The average Bonchev–Trinajstić information content (AvgIpc) is 3.98. The molecule has 324 valence electrons. The maximum atomic E-state index is 6.25. The van der Waals surface area contributed by atoms with E-state index < -0.39 is 0 Å². The average molecular weight is 881 g/mol. The first-order valence-corrected chi connectivity index (χ1v) is 23.6. The predicted octanol–water partition coefficient (Wildman–Crippen LogP) is 18.5. The molecule has 11 aromatic carbocycles. The van der Waals surface area contributed by atoms with Crippen LogP contribution in [0.4, 0.5) is 17.1 Å². The van der Waals surface area contributed by atoms with E-state index in [1.165, 1.54) is 55.2 Å². The summed E-state index contributed by atoms with van der Waals surface area (Å²) in [5, 5.41) is 4.82. The fourth-order valence-electron chi connectivity index (χ4n) is 10.3. The zero-order valence-electron chi connectivity index (χ0n) is 37.7. The smallest absolute Gasteiger partial charge is 0.136 e. The van der Waals surface area contributed by atoms with Gasteiger partial charge in [-0.25, -0.2) is 0 Å². The summed E-state index contributed by atoms with van der Waals surface area (Å²) in [7, 11) is 0. The maximum absolute atomic E-state index is 6.25. The van der Waals surface area contributed by atoms with Crippen molar-refractivity contribution in [1.29, 1.82) is 0 Å². The molecule has 0 fully saturated rings. The summed E-state index contributed by atoms with van der Waals surface area (Å²) in [6.07, 6.45) is 0. The van der Waals surface area contributed by atoms with Crippen molar-refractivity contribution >= 4 is 60.8 Å². The highest BCUT2D eigenvalue weighted by Crippen LogP contribution is 2.43. The second-order valence-electron chi connectivity index (χ2n) is 17.7. The van der Waals surface area contributed by atoms with Gasteiger partial charge in [-0.15, -0.1) is 0 Å². The molecule has 0 N–H and O–H groups in total. The first-order chi connectivity index (χ1) is 34.2. The first kappa shape index (κ1) is 40.1. The van der Waals surface area contributed by atoms with Crippen LogP contribution in [0.1, 0.15) is 0 Å². The number of hydrogen-bond acceptors (Lipinski definition) is 2. The van der Waals surface area contributed by atoms with Crippen LogP contribution < -0.4 is 4.90 Å². The van der Waals surface area contributed by atoms with Gasteiger partial charge in [0.1, 0.15) is 11.2 Å². The molecular formula is C66H44N2O. The highest BCUT2D eigenvalue weighted by atomic mass is 16.3. The molecule has 0 atom stereocenters. The van der Waals surface area contributed by atoms with Crippen LogP contribution in [-0.2, 0) is 0 Å². The van der Waals surface area contributed by atoms with Crippen LogP contribution in [0.2, 0.25) is 0 Å². The number of anilines is 3. The first-order valence-electron chi connectivity index (χ1n) is 23.6. The molecule has 0 saturated carbocycles. The highest BCUT2D eigenvalue weighted by molar-refractivity contribution is 6.12. The summed E-state index contributed by atoms with van der Waals surface area (Å²) >= 11 is 0. The van der Waals surface area contributed by atoms with Gasteiger partial charge in [0.15, 0.2) is 0 Å². The van der Waals surface area contributed by atoms with Gasteiger partial charge in [0.2, 0.25) is 0 Å². The van der Waals surface area contributed by atoms with Crippen molar-refractivity contribution in [3.05, 3.63) is 267 Å². The lowest BCUT2D eigenvalue weighted by Crippen LogP contribution is -2.11. The summed E-state index contributed by atoms with van der Waals surface area (Å²) < 4.78 is 8.61. The lowest BCUT2D eigenvalue weighted by Gasteiger charge is -2.28. The molecule has 0 radical (unpaired) electrons. The normalized spacial score (nSPS) is 11.5. The number of fused-ring (bicyclic) bond motifs is 6. The van der Waals surface area contributed by atoms with Crippen molar-refractivity contribution in [3.8, 4) is 61.3 Å². The van der Waals surface area contributed by atoms with E-state index in [1.54, 1.807) is 0 Å². The predicted molar refractivity (Wildman–Crippen MR) is 290 cm³/mol. The summed E-state index contributed by atoms with van der Waals surface area (Å²) in [5.41, 5.74) is 20.4. The Kier molecular flexibility index (Phi) is 9.84. The van der Waals surface area contributed by atoms with E-state index in [9.17, 15) is 0 Å². The molecule has 13 aromatic rings. The molecule has 0 bridgehead atoms. The van der Waals surface area contributed by atoms with E-state index in [2.05, 4.69) is 264 Å². The summed E-state index contributed by atoms with van der Waals surface area (Å²) in [6.45, 7) is 0. The topological polar surface area (TPSA) is 21.3 Å². The summed E-state index contributed by atoms with van der Waals surface area (Å²) in [5.74, 6) is 0. The minimum atomic E-state index is 0.902. The van der Waals surface area contributed by atoms with Crippen molar-refractivity contribution < 1.29 is 4.42 Å². The lowest BCUT2D eigenvalue weighted by molar-refractivity contribution is 0.669. The van der Waals surface area contributed by atoms with Crippen LogP contribution in [0.5, 0.6) is 0 Å². The summed E-state index contributed by atoms with van der Waals surface area (Å²) in [4.78, 5) is 2.38. The third-order valence-corrected chi connectivity index (χ3v) is 13.6. The number of benzene rings is 11. The van der Waals surface area contributed by atoms with Gasteiger partial charge in [0.05, 0.1) is 16.7 Å². The van der Waals surface area contributed by atoms with Crippen LogP contribution in [0.15, 0.2) is 271 Å². The SMILES string of the molecule is c1ccc(-c2ccccc2N(c2ccc(-c3ccc(-c4ccc(-n5c6ccccc6c6ccccc65)cc4)cc3)cc2)c2ccc(-c3cccc(-c4cccc5oc6ccccc6c45)c3)cc2)cc1. The van der Waals surface area contributed by atoms with Crippen molar-refractivity contribution in [2.24, 2.45) is 0 Å². The monoisotopic (exact) mass is 880 g/mol. The standard InChI is InChI=1S/C66H44N2O/c1-2-14-50(15-3-1)56-18-4-8-23-61(56)67(54-40-36-49(37-41-54)51-16-12-17-52(44-51)57-22-13-27-65-66(57)60-21-7-11-26-64(60)69-65)53-38-32-47(33-39-53)45-28-30-46(31-29-45)48-34-42-55(43-35-48)68-62-24-9-5-19-58(62)59-20-6-10-25-63(59)68/h1-44H. The Morgan fingerprint density at radius 1 is 0.290 bits per heavy atom. The fourth-order valence-corrected chi connectivity index (χ4v) is 10.3. The largest absolute Gasteiger partial charge is 0.456 e. The number of furan rings is 1. The summed E-state index contributed by atoms with van der Waals surface area (Å²) in [6, 6.07) is 96.0. The molecule has 3 heteroatoms. The van der Waals surface area contributed by atoms with Crippen molar-refractivity contribution in [1.82, 2.24) is 4.57 Å². The molecule has 0 saturated heterocycles. The number of hydrogen-bond donors (Lipinski definition) is 0. The molecule has 0 unspecified atom stereocenters. The Morgan fingerprint density at radius 3 is 1.39 bits per heavy atom. The van der Waals surface area contributed by atoms with Crippen LogP contribution in [-0.4, -0.2) is 4.57 Å². The molecule has 0 aliphatic heterocycles. The minimum absolute atomic E-state index is 0.902. The maximum Gasteiger partial charge on any atom is 0.136 e. The molecule has 0 aliphatic carbocycles. The Hall–Kier alpha value is -9.18. The van der Waals surface area contributed by atoms with E-state index in [4.69, 9.17) is 4.42 Å². The van der Waals surface area contributed by atoms with Gasteiger partial charge in [0.25, 0.3) is 0 Å². The zero-order chi connectivity index (χ0) is 45.7. The van der Waals surface area contributed by atoms with E-state index in [0.717, 1.165) is 66.9 Å². The van der Waals surface area contributed by atoms with Crippen LogP contribution in [0.3, 0.4) is 0 Å². The van der Waals surface area contributed by atoms with Gasteiger partial charge in [-0.1, -0.05) is 194 Å². The van der Waals surface area contributed by atoms with Crippen molar-refractivity contribution in [3.63, 3.8) is 0 Å². The zero-order valence-corrected chi connectivity index (χ0v) is 37.7. The third kappa shape index (κ3) is 7.16. The van der Waals surface area contributed by atoms with E-state index >= 15 is 0 Å². The number of nitrogens with zero attached hydrogens (tertiary/aromatic N) is 2. The minimum Gasteiger partial charge on any atom is -0.456 e.